The van der Waals surface area contributed by atoms with Gasteiger partial charge in [0.05, 0.1) is 17.2 Å². The first-order valence-corrected chi connectivity index (χ1v) is 13.3. The molecule has 0 spiro atoms. The Labute approximate surface area is 213 Å². The second-order valence-electron chi connectivity index (χ2n) is 9.03. The van der Waals surface area contributed by atoms with Crippen LogP contribution in [0.2, 0.25) is 0 Å². The minimum Gasteiger partial charge on any atom is -0.492 e. The topological polar surface area (TPSA) is 88.1 Å². The molecular formula is C28H33N3O4S. The lowest BCUT2D eigenvalue weighted by Crippen LogP contribution is -2.40. The van der Waals surface area contributed by atoms with Crippen LogP contribution in [0.25, 0.3) is 0 Å². The van der Waals surface area contributed by atoms with Gasteiger partial charge in [-0.3, -0.25) is 9.10 Å². The number of sulfonamides is 1. The number of ether oxygens (including phenoxy) is 1. The zero-order valence-corrected chi connectivity index (χ0v) is 22.0. The van der Waals surface area contributed by atoms with E-state index >= 15 is 0 Å². The molecule has 0 saturated carbocycles. The Morgan fingerprint density at radius 2 is 1.53 bits per heavy atom. The van der Waals surface area contributed by atoms with Gasteiger partial charge in [0.1, 0.15) is 12.3 Å². The highest BCUT2D eigenvalue weighted by Crippen LogP contribution is 2.32. The van der Waals surface area contributed by atoms with Crippen LogP contribution in [0.3, 0.4) is 0 Å². The van der Waals surface area contributed by atoms with Gasteiger partial charge in [-0.15, -0.1) is 0 Å². The van der Waals surface area contributed by atoms with Crippen molar-refractivity contribution < 1.29 is 17.9 Å². The number of hydrogen-bond acceptors (Lipinski definition) is 5. The Hall–Kier alpha value is -3.65. The number of rotatable bonds is 11. The summed E-state index contributed by atoms with van der Waals surface area (Å²) in [6.07, 6.45) is 0.622. The smallest absolute Gasteiger partial charge is 0.264 e. The van der Waals surface area contributed by atoms with Crippen molar-refractivity contribution in [2.24, 2.45) is 5.10 Å². The van der Waals surface area contributed by atoms with Crippen LogP contribution in [-0.2, 0) is 20.2 Å². The number of hydrogen-bond donors (Lipinski definition) is 1. The molecule has 3 rings (SSSR count). The monoisotopic (exact) mass is 507 g/mol. The zero-order chi connectivity index (χ0) is 26.2. The van der Waals surface area contributed by atoms with Gasteiger partial charge in [-0.25, -0.2) is 13.8 Å². The molecule has 36 heavy (non-hydrogen) atoms. The first-order chi connectivity index (χ1) is 17.1. The summed E-state index contributed by atoms with van der Waals surface area (Å²) >= 11 is 0. The molecule has 1 amide bonds. The van der Waals surface area contributed by atoms with Gasteiger partial charge in [0.2, 0.25) is 0 Å². The van der Waals surface area contributed by atoms with Gasteiger partial charge >= 0.3 is 0 Å². The number of hydrazone groups is 1. The van der Waals surface area contributed by atoms with E-state index in [-0.39, 0.29) is 16.0 Å². The minimum atomic E-state index is -4.05. The summed E-state index contributed by atoms with van der Waals surface area (Å²) in [4.78, 5) is 13.0. The first kappa shape index (κ1) is 26.9. The van der Waals surface area contributed by atoms with Gasteiger partial charge in [-0.2, -0.15) is 5.10 Å². The van der Waals surface area contributed by atoms with E-state index in [2.05, 4.69) is 36.5 Å². The highest BCUT2D eigenvalue weighted by molar-refractivity contribution is 7.92. The van der Waals surface area contributed by atoms with Crippen molar-refractivity contribution in [2.45, 2.75) is 44.4 Å². The Kier molecular flexibility index (Phi) is 8.88. The van der Waals surface area contributed by atoms with Gasteiger partial charge < -0.3 is 4.74 Å². The van der Waals surface area contributed by atoms with E-state index in [9.17, 15) is 13.2 Å². The molecule has 0 heterocycles. The molecule has 0 unspecified atom stereocenters. The lowest BCUT2D eigenvalue weighted by molar-refractivity contribution is -0.119. The third kappa shape index (κ3) is 6.73. The molecule has 0 atom stereocenters. The molecule has 0 aliphatic rings. The Balaban J connectivity index is 1.83. The number of nitrogens with one attached hydrogen (secondary N) is 1. The summed E-state index contributed by atoms with van der Waals surface area (Å²) in [7, 11) is -4.05. The van der Waals surface area contributed by atoms with E-state index < -0.39 is 22.5 Å². The summed E-state index contributed by atoms with van der Waals surface area (Å²) in [5.74, 6) is -0.186. The standard InChI is InChI=1S/C28H33N3O4S/c1-5-35-26-19-13-12-18-25(26)31(36(33,34)24-16-10-7-11-17-24)21-27(32)30-29-22(2)20-28(3,4)23-14-8-6-9-15-23/h6-19H,5,20-21H2,1-4H3,(H,30,32)/b29-22-. The van der Waals surface area contributed by atoms with Crippen molar-refractivity contribution in [3.05, 3.63) is 90.5 Å². The Bertz CT molecular complexity index is 1290. The summed E-state index contributed by atoms with van der Waals surface area (Å²) in [5, 5.41) is 4.26. The van der Waals surface area contributed by atoms with E-state index in [0.29, 0.717) is 18.8 Å². The molecule has 0 radical (unpaired) electrons. The van der Waals surface area contributed by atoms with Crippen LogP contribution < -0.4 is 14.5 Å². The van der Waals surface area contributed by atoms with Crippen LogP contribution in [0.4, 0.5) is 5.69 Å². The largest absolute Gasteiger partial charge is 0.492 e. The molecule has 0 saturated heterocycles. The van der Waals surface area contributed by atoms with E-state index in [0.717, 1.165) is 10.0 Å². The highest BCUT2D eigenvalue weighted by atomic mass is 32.2. The van der Waals surface area contributed by atoms with E-state index in [1.54, 1.807) is 42.5 Å². The molecular weight excluding hydrogens is 474 g/mol. The fourth-order valence-corrected chi connectivity index (χ4v) is 5.41. The maximum Gasteiger partial charge on any atom is 0.264 e. The summed E-state index contributed by atoms with van der Waals surface area (Å²) in [6, 6.07) is 24.9. The summed E-state index contributed by atoms with van der Waals surface area (Å²) in [6.45, 7) is 7.77. The molecule has 0 fully saturated rings. The van der Waals surface area contributed by atoms with Gasteiger partial charge in [-0.05, 0) is 55.5 Å². The van der Waals surface area contributed by atoms with Crippen LogP contribution in [-0.4, -0.2) is 33.2 Å². The van der Waals surface area contributed by atoms with Gasteiger partial charge in [-0.1, -0.05) is 74.5 Å². The van der Waals surface area contributed by atoms with Crippen LogP contribution in [0, 0.1) is 0 Å². The molecule has 1 N–H and O–H groups in total. The number of anilines is 1. The number of carbonyl (C=O) groups is 1. The van der Waals surface area contributed by atoms with Crippen LogP contribution in [0.5, 0.6) is 5.75 Å². The van der Waals surface area contributed by atoms with E-state index in [1.165, 1.54) is 17.7 Å². The number of carbonyl (C=O) groups excluding carboxylic acids is 1. The maximum absolute atomic E-state index is 13.6. The molecule has 3 aromatic carbocycles. The average Bonchev–Trinajstić information content (AvgIpc) is 2.87. The third-order valence-corrected chi connectivity index (χ3v) is 7.45. The number of nitrogens with zero attached hydrogens (tertiary/aromatic N) is 2. The minimum absolute atomic E-state index is 0.0772. The van der Waals surface area contributed by atoms with Crippen molar-refractivity contribution in [3.8, 4) is 5.75 Å². The molecule has 3 aromatic rings. The lowest BCUT2D eigenvalue weighted by Gasteiger charge is -2.26. The Morgan fingerprint density at radius 1 is 0.944 bits per heavy atom. The third-order valence-electron chi connectivity index (χ3n) is 5.68. The number of amides is 1. The molecule has 0 aromatic heterocycles. The molecule has 7 nitrogen and oxygen atoms in total. The van der Waals surface area contributed by atoms with Crippen molar-refractivity contribution in [3.63, 3.8) is 0 Å². The highest BCUT2D eigenvalue weighted by Gasteiger charge is 2.29. The van der Waals surface area contributed by atoms with Crippen LogP contribution in [0.15, 0.2) is 94.9 Å². The lowest BCUT2D eigenvalue weighted by atomic mass is 9.80. The molecule has 0 aliphatic carbocycles. The second-order valence-corrected chi connectivity index (χ2v) is 10.9. The number of para-hydroxylation sites is 2. The van der Waals surface area contributed by atoms with Crippen molar-refractivity contribution in [2.75, 3.05) is 17.5 Å². The quantitative estimate of drug-likeness (QED) is 0.288. The molecule has 190 valence electrons. The normalized spacial score (nSPS) is 12.2. The SMILES string of the molecule is CCOc1ccccc1N(CC(=O)N/N=C(/C)CC(C)(C)c1ccccc1)S(=O)(=O)c1ccccc1. The van der Waals surface area contributed by atoms with Crippen LogP contribution in [0.1, 0.15) is 39.7 Å². The summed E-state index contributed by atoms with van der Waals surface area (Å²) < 4.78 is 33.8. The van der Waals surface area contributed by atoms with Crippen molar-refractivity contribution in [1.82, 2.24) is 5.43 Å². The van der Waals surface area contributed by atoms with Crippen LogP contribution >= 0.6 is 0 Å². The maximum atomic E-state index is 13.6. The zero-order valence-electron chi connectivity index (χ0n) is 21.1. The van der Waals surface area contributed by atoms with Crippen molar-refractivity contribution >= 4 is 27.3 Å². The predicted octanol–water partition coefficient (Wildman–Crippen LogP) is 5.14. The van der Waals surface area contributed by atoms with Crippen molar-refractivity contribution in [1.29, 1.82) is 0 Å². The van der Waals surface area contributed by atoms with Gasteiger partial charge in [0.15, 0.2) is 0 Å². The predicted molar refractivity (Wildman–Crippen MR) is 144 cm³/mol. The average molecular weight is 508 g/mol. The Morgan fingerprint density at radius 3 is 2.17 bits per heavy atom. The second kappa shape index (κ2) is 11.9. The first-order valence-electron chi connectivity index (χ1n) is 11.8. The fourth-order valence-electron chi connectivity index (χ4n) is 3.95. The molecule has 0 bridgehead atoms. The fraction of sp³-hybridized carbons (Fsp3) is 0.286. The van der Waals surface area contributed by atoms with Gasteiger partial charge in [0, 0.05) is 5.71 Å². The van der Waals surface area contributed by atoms with E-state index in [1.807, 2.05) is 32.0 Å². The van der Waals surface area contributed by atoms with Gasteiger partial charge in [0.25, 0.3) is 15.9 Å². The number of benzene rings is 3. The molecule has 0 aliphatic heterocycles. The molecule has 8 heteroatoms. The van der Waals surface area contributed by atoms with E-state index in [4.69, 9.17) is 4.74 Å². The summed E-state index contributed by atoms with van der Waals surface area (Å²) in [5.41, 5.74) is 4.53.